The Labute approximate surface area is 84.6 Å². The first-order valence-corrected chi connectivity index (χ1v) is 6.08. The fourth-order valence-corrected chi connectivity index (χ4v) is 2.02. The summed E-state index contributed by atoms with van der Waals surface area (Å²) >= 11 is 8.47. The minimum absolute atomic E-state index is 0.251. The number of sulfone groups is 1. The second-order valence-electron chi connectivity index (χ2n) is 2.18. The van der Waals surface area contributed by atoms with Crippen LogP contribution in [-0.2, 0) is 9.84 Å². The SMILES string of the molecule is O=S(=O)(CCl)c1ccc(Br)cc1. The second-order valence-corrected chi connectivity index (χ2v) is 5.67. The molecule has 0 spiro atoms. The van der Waals surface area contributed by atoms with Gasteiger partial charge in [0.05, 0.1) is 4.90 Å². The lowest BCUT2D eigenvalue weighted by molar-refractivity contribution is 0.600. The Hall–Kier alpha value is -0.0600. The maximum Gasteiger partial charge on any atom is 0.192 e. The van der Waals surface area contributed by atoms with Crippen LogP contribution in [-0.4, -0.2) is 13.6 Å². The maximum atomic E-state index is 11.2. The van der Waals surface area contributed by atoms with Crippen LogP contribution in [0.5, 0.6) is 0 Å². The highest BCUT2D eigenvalue weighted by molar-refractivity contribution is 9.10. The molecule has 0 aromatic heterocycles. The lowest BCUT2D eigenvalue weighted by Crippen LogP contribution is -2.01. The number of alkyl halides is 1. The monoisotopic (exact) mass is 268 g/mol. The van der Waals surface area contributed by atoms with Crippen LogP contribution in [0.25, 0.3) is 0 Å². The molecule has 0 bridgehead atoms. The van der Waals surface area contributed by atoms with E-state index in [9.17, 15) is 8.42 Å². The molecule has 0 unspecified atom stereocenters. The van der Waals surface area contributed by atoms with Crippen LogP contribution in [0.4, 0.5) is 0 Å². The summed E-state index contributed by atoms with van der Waals surface area (Å²) in [5.74, 6) is 0. The summed E-state index contributed by atoms with van der Waals surface area (Å²) in [4.78, 5) is 0.251. The molecule has 0 atom stereocenters. The fraction of sp³-hybridized carbons (Fsp3) is 0.143. The van der Waals surface area contributed by atoms with Gasteiger partial charge in [-0.05, 0) is 24.3 Å². The van der Waals surface area contributed by atoms with Gasteiger partial charge in [-0.2, -0.15) is 0 Å². The predicted molar refractivity (Wildman–Crippen MR) is 52.0 cm³/mol. The zero-order valence-electron chi connectivity index (χ0n) is 6.00. The van der Waals surface area contributed by atoms with Crippen molar-refractivity contribution >= 4 is 37.4 Å². The molecule has 0 aliphatic rings. The van der Waals surface area contributed by atoms with E-state index in [1.807, 2.05) is 0 Å². The molecule has 5 heteroatoms. The standard InChI is InChI=1S/C7H6BrClO2S/c8-6-1-3-7(4-2-6)12(10,11)5-9/h1-4H,5H2. The summed E-state index contributed by atoms with van der Waals surface area (Å²) < 4.78 is 23.2. The van der Waals surface area contributed by atoms with Gasteiger partial charge in [-0.15, -0.1) is 11.6 Å². The number of hydrogen-bond donors (Lipinski definition) is 0. The van der Waals surface area contributed by atoms with Crippen LogP contribution in [0.3, 0.4) is 0 Å². The van der Waals surface area contributed by atoms with Gasteiger partial charge in [-0.3, -0.25) is 0 Å². The minimum atomic E-state index is -3.27. The van der Waals surface area contributed by atoms with Gasteiger partial charge in [0.1, 0.15) is 5.21 Å². The van der Waals surface area contributed by atoms with Crippen molar-refractivity contribution in [2.75, 3.05) is 5.21 Å². The van der Waals surface area contributed by atoms with Crippen molar-refractivity contribution in [1.29, 1.82) is 0 Å². The smallest absolute Gasteiger partial charge is 0.192 e. The number of halogens is 2. The van der Waals surface area contributed by atoms with Gasteiger partial charge in [0, 0.05) is 4.47 Å². The number of hydrogen-bond acceptors (Lipinski definition) is 2. The number of rotatable bonds is 2. The molecular formula is C7H6BrClO2S. The first-order chi connectivity index (χ1) is 5.56. The van der Waals surface area contributed by atoms with E-state index in [2.05, 4.69) is 15.9 Å². The molecule has 12 heavy (non-hydrogen) atoms. The van der Waals surface area contributed by atoms with Gasteiger partial charge in [-0.25, -0.2) is 8.42 Å². The van der Waals surface area contributed by atoms with Crippen LogP contribution < -0.4 is 0 Å². The minimum Gasteiger partial charge on any atom is -0.222 e. The van der Waals surface area contributed by atoms with E-state index in [1.54, 1.807) is 12.1 Å². The third-order valence-corrected chi connectivity index (χ3v) is 3.98. The molecule has 0 heterocycles. The summed E-state index contributed by atoms with van der Waals surface area (Å²) in [5, 5.41) is -0.380. The maximum absolute atomic E-state index is 11.2. The van der Waals surface area contributed by atoms with Crippen molar-refractivity contribution in [3.63, 3.8) is 0 Å². The van der Waals surface area contributed by atoms with Gasteiger partial charge in [0.25, 0.3) is 0 Å². The Balaban J connectivity index is 3.14. The van der Waals surface area contributed by atoms with Crippen LogP contribution >= 0.6 is 27.5 Å². The van der Waals surface area contributed by atoms with E-state index in [1.165, 1.54) is 12.1 Å². The van der Waals surface area contributed by atoms with Crippen LogP contribution in [0.1, 0.15) is 0 Å². The molecule has 0 radical (unpaired) electrons. The Bertz CT molecular complexity index is 357. The van der Waals surface area contributed by atoms with Crippen molar-refractivity contribution in [2.45, 2.75) is 4.90 Å². The molecule has 1 aromatic carbocycles. The largest absolute Gasteiger partial charge is 0.222 e. The average molecular weight is 270 g/mol. The summed E-state index contributed by atoms with van der Waals surface area (Å²) in [6, 6.07) is 6.36. The molecule has 1 aromatic rings. The quantitative estimate of drug-likeness (QED) is 0.773. The second kappa shape index (κ2) is 3.77. The Morgan fingerprint density at radius 2 is 1.75 bits per heavy atom. The van der Waals surface area contributed by atoms with Gasteiger partial charge in [-0.1, -0.05) is 15.9 Å². The van der Waals surface area contributed by atoms with Gasteiger partial charge >= 0.3 is 0 Å². The summed E-state index contributed by atoms with van der Waals surface area (Å²) in [6.07, 6.45) is 0. The average Bonchev–Trinajstić information content (AvgIpc) is 2.05. The molecule has 0 amide bonds. The van der Waals surface area contributed by atoms with Gasteiger partial charge in [0.2, 0.25) is 0 Å². The van der Waals surface area contributed by atoms with Crippen molar-refractivity contribution in [3.05, 3.63) is 28.7 Å². The first kappa shape index (κ1) is 10.0. The Morgan fingerprint density at radius 1 is 1.25 bits per heavy atom. The highest BCUT2D eigenvalue weighted by atomic mass is 79.9. The molecule has 0 saturated carbocycles. The topological polar surface area (TPSA) is 34.1 Å². The molecule has 2 nitrogen and oxygen atoms in total. The van der Waals surface area contributed by atoms with E-state index in [4.69, 9.17) is 11.6 Å². The van der Waals surface area contributed by atoms with E-state index < -0.39 is 9.84 Å². The summed E-state index contributed by atoms with van der Waals surface area (Å²) in [5.41, 5.74) is 0. The Kier molecular flexibility index (Phi) is 3.15. The number of benzene rings is 1. The lowest BCUT2D eigenvalue weighted by atomic mass is 10.4. The molecule has 66 valence electrons. The molecule has 0 saturated heterocycles. The highest BCUT2D eigenvalue weighted by Crippen LogP contribution is 2.16. The van der Waals surface area contributed by atoms with E-state index in [-0.39, 0.29) is 10.1 Å². The van der Waals surface area contributed by atoms with E-state index in [0.29, 0.717) is 0 Å². The molecule has 1 rings (SSSR count). The highest BCUT2D eigenvalue weighted by Gasteiger charge is 2.11. The zero-order chi connectivity index (χ0) is 9.19. The lowest BCUT2D eigenvalue weighted by Gasteiger charge is -1.98. The molecule has 0 N–H and O–H groups in total. The Morgan fingerprint density at radius 3 is 2.17 bits per heavy atom. The molecule has 0 aliphatic heterocycles. The predicted octanol–water partition coefficient (Wildman–Crippen LogP) is 2.42. The van der Waals surface area contributed by atoms with E-state index >= 15 is 0 Å². The van der Waals surface area contributed by atoms with Gasteiger partial charge < -0.3 is 0 Å². The zero-order valence-corrected chi connectivity index (χ0v) is 9.16. The summed E-state index contributed by atoms with van der Waals surface area (Å²) in [6.45, 7) is 0. The molecular weight excluding hydrogens is 263 g/mol. The summed E-state index contributed by atoms with van der Waals surface area (Å²) in [7, 11) is -3.27. The third kappa shape index (κ3) is 2.21. The molecule has 0 aliphatic carbocycles. The normalized spacial score (nSPS) is 11.5. The van der Waals surface area contributed by atoms with Crippen LogP contribution in [0.15, 0.2) is 33.6 Å². The van der Waals surface area contributed by atoms with Crippen molar-refractivity contribution in [2.24, 2.45) is 0 Å². The van der Waals surface area contributed by atoms with Crippen LogP contribution in [0.2, 0.25) is 0 Å². The van der Waals surface area contributed by atoms with Gasteiger partial charge in [0.15, 0.2) is 9.84 Å². The molecule has 0 fully saturated rings. The van der Waals surface area contributed by atoms with Crippen molar-refractivity contribution < 1.29 is 8.42 Å². The third-order valence-electron chi connectivity index (χ3n) is 1.32. The van der Waals surface area contributed by atoms with E-state index in [0.717, 1.165) is 4.47 Å². The van der Waals surface area contributed by atoms with Crippen LogP contribution in [0, 0.1) is 0 Å². The fourth-order valence-electron chi connectivity index (χ4n) is 0.705. The first-order valence-electron chi connectivity index (χ1n) is 3.10. The van der Waals surface area contributed by atoms with Crippen molar-refractivity contribution in [3.8, 4) is 0 Å². The van der Waals surface area contributed by atoms with Crippen molar-refractivity contribution in [1.82, 2.24) is 0 Å².